The Morgan fingerprint density at radius 2 is 1.73 bits per heavy atom. The van der Waals surface area contributed by atoms with Crippen LogP contribution in [0, 0.1) is 0 Å². The van der Waals surface area contributed by atoms with Crippen molar-refractivity contribution in [2.75, 3.05) is 11.5 Å². The molecule has 11 heavy (non-hydrogen) atoms. The zero-order valence-electron chi connectivity index (χ0n) is 8.14. The molecule has 68 valence electrons. The second-order valence-corrected chi connectivity index (χ2v) is 11.5. The van der Waals surface area contributed by atoms with E-state index in [-0.39, 0.29) is 0 Å². The molecule has 0 aromatic heterocycles. The lowest BCUT2D eigenvalue weighted by Crippen LogP contribution is -2.22. The average Bonchev–Trinajstić information content (AvgIpc) is 1.83. The Morgan fingerprint density at radius 1 is 1.18 bits per heavy atom. The Labute approximate surface area is 74.0 Å². The van der Waals surface area contributed by atoms with Gasteiger partial charge in [-0.2, -0.15) is 0 Å². The topological polar surface area (TPSA) is 17.1 Å². The predicted octanol–water partition coefficient (Wildman–Crippen LogP) is 2.48. The molecule has 0 aliphatic carbocycles. The summed E-state index contributed by atoms with van der Waals surface area (Å²) in [5, 5.41) is 0. The van der Waals surface area contributed by atoms with Crippen LogP contribution in [0.1, 0.15) is 13.3 Å². The first-order chi connectivity index (χ1) is 4.95. The van der Waals surface area contributed by atoms with Crippen molar-refractivity contribution in [3.05, 3.63) is 0 Å². The average molecular weight is 192 g/mol. The zero-order valence-corrected chi connectivity index (χ0v) is 9.96. The molecule has 0 saturated carbocycles. The van der Waals surface area contributed by atoms with Crippen LogP contribution in [-0.2, 0) is 10.8 Å². The van der Waals surface area contributed by atoms with E-state index in [2.05, 4.69) is 26.6 Å². The Morgan fingerprint density at radius 3 is 2.09 bits per heavy atom. The summed E-state index contributed by atoms with van der Waals surface area (Å²) in [6, 6.07) is 1.21. The largest absolute Gasteiger partial charge is 0.260 e. The molecule has 0 amide bonds. The highest BCUT2D eigenvalue weighted by Crippen LogP contribution is 2.08. The summed E-state index contributed by atoms with van der Waals surface area (Å²) in [6.07, 6.45) is 1.05. The standard InChI is InChI=1S/C8H20OSSi/c1-5-6-10(9)7-8-11(2,3)4/h5-8H2,1-4H3/t10-/m0/s1. The molecule has 1 atom stereocenters. The van der Waals surface area contributed by atoms with Gasteiger partial charge in [0.25, 0.3) is 0 Å². The third-order valence-electron chi connectivity index (χ3n) is 1.51. The van der Waals surface area contributed by atoms with E-state index in [1.165, 1.54) is 6.04 Å². The third kappa shape index (κ3) is 8.27. The molecule has 0 spiro atoms. The maximum atomic E-state index is 11.2. The summed E-state index contributed by atoms with van der Waals surface area (Å²) in [5.41, 5.74) is 0. The number of rotatable bonds is 5. The third-order valence-corrected chi connectivity index (χ3v) is 5.15. The fraction of sp³-hybridized carbons (Fsp3) is 1.00. The Hall–Kier alpha value is 0.367. The van der Waals surface area contributed by atoms with Crippen LogP contribution in [0.15, 0.2) is 0 Å². The molecule has 0 rings (SSSR count). The van der Waals surface area contributed by atoms with Gasteiger partial charge in [-0.05, 0) is 12.5 Å². The number of hydrogen-bond donors (Lipinski definition) is 0. The molecule has 0 N–H and O–H groups in total. The van der Waals surface area contributed by atoms with Gasteiger partial charge in [0.2, 0.25) is 0 Å². The molecule has 3 heteroatoms. The first kappa shape index (κ1) is 11.4. The summed E-state index contributed by atoms with van der Waals surface area (Å²) in [4.78, 5) is 0. The molecule has 0 heterocycles. The number of hydrogen-bond acceptors (Lipinski definition) is 1. The molecule has 1 nitrogen and oxygen atoms in total. The Bertz CT molecular complexity index is 129. The lowest BCUT2D eigenvalue weighted by molar-refractivity contribution is 0.682. The second kappa shape index (κ2) is 5.09. The molecule has 0 aliphatic heterocycles. The van der Waals surface area contributed by atoms with Crippen molar-refractivity contribution in [1.29, 1.82) is 0 Å². The Balaban J connectivity index is 3.46. The van der Waals surface area contributed by atoms with Crippen molar-refractivity contribution in [2.24, 2.45) is 0 Å². The highest BCUT2D eigenvalue weighted by atomic mass is 32.2. The van der Waals surface area contributed by atoms with Gasteiger partial charge in [-0.25, -0.2) is 0 Å². The summed E-state index contributed by atoms with van der Waals surface area (Å²) in [7, 11) is -1.47. The first-order valence-electron chi connectivity index (χ1n) is 4.30. The monoisotopic (exact) mass is 192 g/mol. The van der Waals surface area contributed by atoms with Gasteiger partial charge in [0.05, 0.1) is 0 Å². The van der Waals surface area contributed by atoms with E-state index in [9.17, 15) is 4.21 Å². The van der Waals surface area contributed by atoms with Crippen LogP contribution in [0.4, 0.5) is 0 Å². The molecular formula is C8H20OSSi. The first-order valence-corrected chi connectivity index (χ1v) is 9.50. The van der Waals surface area contributed by atoms with Crippen LogP contribution in [0.5, 0.6) is 0 Å². The van der Waals surface area contributed by atoms with Crippen molar-refractivity contribution in [3.63, 3.8) is 0 Å². The fourth-order valence-corrected chi connectivity index (χ4v) is 4.77. The summed E-state index contributed by atoms with van der Waals surface area (Å²) in [6.45, 7) is 9.08. The van der Waals surface area contributed by atoms with Crippen LogP contribution in [0.3, 0.4) is 0 Å². The van der Waals surface area contributed by atoms with Gasteiger partial charge in [-0.15, -0.1) is 0 Å². The van der Waals surface area contributed by atoms with Crippen LogP contribution < -0.4 is 0 Å². The smallest absolute Gasteiger partial charge is 0.0451 e. The molecule has 0 aromatic rings. The van der Waals surface area contributed by atoms with Gasteiger partial charge in [0.15, 0.2) is 0 Å². The van der Waals surface area contributed by atoms with Gasteiger partial charge < -0.3 is 0 Å². The molecular weight excluding hydrogens is 172 g/mol. The van der Waals surface area contributed by atoms with Crippen molar-refractivity contribution in [2.45, 2.75) is 39.0 Å². The van der Waals surface area contributed by atoms with Gasteiger partial charge in [-0.3, -0.25) is 4.21 Å². The van der Waals surface area contributed by atoms with Gasteiger partial charge in [0.1, 0.15) is 0 Å². The van der Waals surface area contributed by atoms with Crippen molar-refractivity contribution < 1.29 is 4.21 Å². The van der Waals surface area contributed by atoms with E-state index in [0.29, 0.717) is 0 Å². The van der Waals surface area contributed by atoms with Crippen molar-refractivity contribution in [1.82, 2.24) is 0 Å². The van der Waals surface area contributed by atoms with E-state index in [4.69, 9.17) is 0 Å². The molecule has 0 bridgehead atoms. The van der Waals surface area contributed by atoms with E-state index in [0.717, 1.165) is 17.9 Å². The lowest BCUT2D eigenvalue weighted by Gasteiger charge is -2.14. The molecule has 0 unspecified atom stereocenters. The van der Waals surface area contributed by atoms with E-state index >= 15 is 0 Å². The fourth-order valence-electron chi connectivity index (χ4n) is 0.750. The SMILES string of the molecule is CCC[S@](=O)CC[Si](C)(C)C. The maximum Gasteiger partial charge on any atom is 0.0451 e. The predicted molar refractivity (Wildman–Crippen MR) is 56.3 cm³/mol. The molecule has 0 aromatic carbocycles. The van der Waals surface area contributed by atoms with Crippen LogP contribution in [0.25, 0.3) is 0 Å². The van der Waals surface area contributed by atoms with Gasteiger partial charge >= 0.3 is 0 Å². The molecule has 0 radical (unpaired) electrons. The summed E-state index contributed by atoms with van der Waals surface area (Å²) in [5.74, 6) is 1.83. The minimum atomic E-state index is -0.942. The Kier molecular flexibility index (Phi) is 5.26. The summed E-state index contributed by atoms with van der Waals surface area (Å²) >= 11 is 0. The van der Waals surface area contributed by atoms with Gasteiger partial charge in [0, 0.05) is 30.4 Å². The van der Waals surface area contributed by atoms with E-state index < -0.39 is 18.9 Å². The van der Waals surface area contributed by atoms with E-state index in [1.54, 1.807) is 0 Å². The van der Waals surface area contributed by atoms with Crippen LogP contribution in [0.2, 0.25) is 25.7 Å². The summed E-state index contributed by atoms with van der Waals surface area (Å²) < 4.78 is 11.2. The van der Waals surface area contributed by atoms with Crippen molar-refractivity contribution >= 4 is 18.9 Å². The quantitative estimate of drug-likeness (QED) is 0.612. The lowest BCUT2D eigenvalue weighted by atomic mass is 10.6. The van der Waals surface area contributed by atoms with Crippen LogP contribution >= 0.6 is 0 Å². The minimum absolute atomic E-state index is 0.532. The zero-order chi connectivity index (χ0) is 8.91. The van der Waals surface area contributed by atoms with Crippen molar-refractivity contribution in [3.8, 4) is 0 Å². The highest BCUT2D eigenvalue weighted by molar-refractivity contribution is 7.85. The molecule has 0 saturated heterocycles. The molecule has 0 aliphatic rings. The molecule has 0 fully saturated rings. The minimum Gasteiger partial charge on any atom is -0.260 e. The maximum absolute atomic E-state index is 11.2. The second-order valence-electron chi connectivity index (χ2n) is 4.16. The van der Waals surface area contributed by atoms with Gasteiger partial charge in [-0.1, -0.05) is 26.6 Å². The van der Waals surface area contributed by atoms with Crippen LogP contribution in [-0.4, -0.2) is 23.8 Å². The normalized spacial score (nSPS) is 14.9. The van der Waals surface area contributed by atoms with E-state index in [1.807, 2.05) is 0 Å². The highest BCUT2D eigenvalue weighted by Gasteiger charge is 2.13.